The first-order chi connectivity index (χ1) is 6.84. The van der Waals surface area contributed by atoms with Crippen molar-refractivity contribution in [2.45, 2.75) is 44.9 Å². The summed E-state index contributed by atoms with van der Waals surface area (Å²) in [6.07, 6.45) is 8.22. The van der Waals surface area contributed by atoms with E-state index in [4.69, 9.17) is 0 Å². The molecule has 0 aliphatic carbocycles. The molecule has 0 bridgehead atoms. The molecule has 0 spiro atoms. The van der Waals surface area contributed by atoms with Gasteiger partial charge in [0.15, 0.2) is 0 Å². The van der Waals surface area contributed by atoms with Crippen LogP contribution in [0.1, 0.15) is 44.9 Å². The van der Waals surface area contributed by atoms with Crippen LogP contribution in [0.4, 0.5) is 0 Å². The lowest BCUT2D eigenvalue weighted by molar-refractivity contribution is -0.124. The fourth-order valence-corrected chi connectivity index (χ4v) is 2.34. The summed E-state index contributed by atoms with van der Waals surface area (Å²) in [5.74, 6) is 0.592. The Morgan fingerprint density at radius 1 is 1.29 bits per heavy atom. The molecule has 2 nitrogen and oxygen atoms in total. The van der Waals surface area contributed by atoms with Gasteiger partial charge in [0.2, 0.25) is 5.91 Å². The molecular weight excluding hydrogens is 242 g/mol. The Balaban J connectivity index is 2.16. The molecule has 1 unspecified atom stereocenters. The quantitative estimate of drug-likeness (QED) is 0.599. The highest BCUT2D eigenvalue weighted by atomic mass is 79.9. The van der Waals surface area contributed by atoms with E-state index in [0.717, 1.165) is 31.1 Å². The van der Waals surface area contributed by atoms with Crippen LogP contribution in [0.2, 0.25) is 0 Å². The fourth-order valence-electron chi connectivity index (χ4n) is 1.94. The van der Waals surface area contributed by atoms with Crippen molar-refractivity contribution in [2.24, 2.45) is 5.92 Å². The minimum absolute atomic E-state index is 0.293. The van der Waals surface area contributed by atoms with Crippen molar-refractivity contribution in [2.75, 3.05) is 11.9 Å². The first-order valence-electron chi connectivity index (χ1n) is 5.68. The molecule has 3 heteroatoms. The van der Waals surface area contributed by atoms with E-state index in [0.29, 0.717) is 11.8 Å². The smallest absolute Gasteiger partial charge is 0.223 e. The highest BCUT2D eigenvalue weighted by molar-refractivity contribution is 9.09. The molecule has 1 aliphatic rings. The summed E-state index contributed by atoms with van der Waals surface area (Å²) in [6, 6.07) is 0. The van der Waals surface area contributed by atoms with E-state index in [-0.39, 0.29) is 0 Å². The van der Waals surface area contributed by atoms with Crippen LogP contribution >= 0.6 is 15.9 Å². The number of amides is 1. The Labute approximate surface area is 95.0 Å². The lowest BCUT2D eigenvalue weighted by atomic mass is 9.96. The molecule has 1 aliphatic heterocycles. The minimum Gasteiger partial charge on any atom is -0.356 e. The van der Waals surface area contributed by atoms with Crippen LogP contribution in [-0.4, -0.2) is 17.8 Å². The van der Waals surface area contributed by atoms with E-state index >= 15 is 0 Å². The van der Waals surface area contributed by atoms with Gasteiger partial charge in [0.05, 0.1) is 0 Å². The third-order valence-electron chi connectivity index (χ3n) is 2.84. The van der Waals surface area contributed by atoms with E-state index in [2.05, 4.69) is 21.2 Å². The lowest BCUT2D eigenvalue weighted by Gasteiger charge is -2.12. The topological polar surface area (TPSA) is 29.1 Å². The summed E-state index contributed by atoms with van der Waals surface area (Å²) in [6.45, 7) is 0.886. The molecule has 0 aromatic heterocycles. The van der Waals surface area contributed by atoms with Crippen LogP contribution in [0.25, 0.3) is 0 Å². The van der Waals surface area contributed by atoms with Gasteiger partial charge in [-0.25, -0.2) is 0 Å². The molecule has 1 N–H and O–H groups in total. The Kier molecular flexibility index (Phi) is 6.24. The van der Waals surface area contributed by atoms with E-state index in [1.165, 1.54) is 25.7 Å². The number of carbonyl (C=O) groups excluding carboxylic acids is 1. The largest absolute Gasteiger partial charge is 0.356 e. The van der Waals surface area contributed by atoms with Gasteiger partial charge in [0.1, 0.15) is 0 Å². The third-order valence-corrected chi connectivity index (χ3v) is 3.40. The number of rotatable bonds is 5. The van der Waals surface area contributed by atoms with Crippen LogP contribution in [-0.2, 0) is 4.79 Å². The van der Waals surface area contributed by atoms with Gasteiger partial charge in [0.25, 0.3) is 0 Å². The predicted molar refractivity (Wildman–Crippen MR) is 62.6 cm³/mol. The second-order valence-corrected chi connectivity index (χ2v) is 4.82. The van der Waals surface area contributed by atoms with E-state index in [1.54, 1.807) is 0 Å². The lowest BCUT2D eigenvalue weighted by Crippen LogP contribution is -2.28. The van der Waals surface area contributed by atoms with E-state index in [1.807, 2.05) is 0 Å². The number of halogens is 1. The first kappa shape index (κ1) is 12.0. The molecule has 1 fully saturated rings. The van der Waals surface area contributed by atoms with Gasteiger partial charge in [-0.15, -0.1) is 0 Å². The number of nitrogens with one attached hydrogen (secondary N) is 1. The van der Waals surface area contributed by atoms with Crippen molar-refractivity contribution in [3.8, 4) is 0 Å². The van der Waals surface area contributed by atoms with Gasteiger partial charge in [0, 0.05) is 17.8 Å². The van der Waals surface area contributed by atoms with E-state index in [9.17, 15) is 4.79 Å². The summed E-state index contributed by atoms with van der Waals surface area (Å²) >= 11 is 3.42. The Morgan fingerprint density at radius 3 is 2.93 bits per heavy atom. The standard InChI is InChI=1S/C11H20BrNO/c12-8-4-1-2-6-10-7-3-5-9-13-11(10)14/h10H,1-9H2,(H,13,14). The highest BCUT2D eigenvalue weighted by Crippen LogP contribution is 2.19. The number of unbranched alkanes of at least 4 members (excludes halogenated alkanes) is 2. The number of hydrogen-bond acceptors (Lipinski definition) is 1. The third kappa shape index (κ3) is 4.45. The normalized spacial score (nSPS) is 22.9. The number of carbonyl (C=O) groups is 1. The maximum Gasteiger partial charge on any atom is 0.223 e. The van der Waals surface area contributed by atoms with Crippen molar-refractivity contribution in [3.63, 3.8) is 0 Å². The van der Waals surface area contributed by atoms with Crippen molar-refractivity contribution >= 4 is 21.8 Å². The van der Waals surface area contributed by atoms with E-state index < -0.39 is 0 Å². The van der Waals surface area contributed by atoms with Crippen molar-refractivity contribution < 1.29 is 4.79 Å². The second kappa shape index (κ2) is 7.27. The Hall–Kier alpha value is -0.0500. The van der Waals surface area contributed by atoms with Gasteiger partial charge in [-0.3, -0.25) is 4.79 Å². The molecule has 0 radical (unpaired) electrons. The zero-order valence-electron chi connectivity index (χ0n) is 8.73. The molecule has 0 aromatic carbocycles. The molecule has 1 saturated heterocycles. The number of hydrogen-bond donors (Lipinski definition) is 1. The summed E-state index contributed by atoms with van der Waals surface area (Å²) < 4.78 is 0. The van der Waals surface area contributed by atoms with Crippen molar-refractivity contribution in [1.29, 1.82) is 0 Å². The molecule has 1 amide bonds. The zero-order valence-corrected chi connectivity index (χ0v) is 10.3. The summed E-state index contributed by atoms with van der Waals surface area (Å²) in [4.78, 5) is 11.6. The molecule has 1 heterocycles. The Morgan fingerprint density at radius 2 is 2.14 bits per heavy atom. The average Bonchev–Trinajstić information content (AvgIpc) is 2.39. The van der Waals surface area contributed by atoms with Crippen molar-refractivity contribution in [3.05, 3.63) is 0 Å². The molecule has 82 valence electrons. The summed E-state index contributed by atoms with van der Waals surface area (Å²) in [7, 11) is 0. The van der Waals surface area contributed by atoms with Gasteiger partial charge in [-0.05, 0) is 25.7 Å². The van der Waals surface area contributed by atoms with Gasteiger partial charge in [-0.1, -0.05) is 35.2 Å². The minimum atomic E-state index is 0.293. The molecule has 0 aromatic rings. The number of alkyl halides is 1. The zero-order chi connectivity index (χ0) is 10.2. The average molecular weight is 262 g/mol. The van der Waals surface area contributed by atoms with Crippen LogP contribution < -0.4 is 5.32 Å². The van der Waals surface area contributed by atoms with Crippen LogP contribution in [0.5, 0.6) is 0 Å². The maximum absolute atomic E-state index is 11.6. The fraction of sp³-hybridized carbons (Fsp3) is 0.909. The highest BCUT2D eigenvalue weighted by Gasteiger charge is 2.19. The first-order valence-corrected chi connectivity index (χ1v) is 6.80. The molecule has 0 saturated carbocycles. The van der Waals surface area contributed by atoms with Gasteiger partial charge < -0.3 is 5.32 Å². The van der Waals surface area contributed by atoms with Crippen LogP contribution in [0.15, 0.2) is 0 Å². The van der Waals surface area contributed by atoms with Crippen molar-refractivity contribution in [1.82, 2.24) is 5.32 Å². The monoisotopic (exact) mass is 261 g/mol. The molecular formula is C11H20BrNO. The van der Waals surface area contributed by atoms with Gasteiger partial charge >= 0.3 is 0 Å². The SMILES string of the molecule is O=C1NCCCCC1CCCCCBr. The predicted octanol–water partition coefficient (Wildman–Crippen LogP) is 2.86. The molecule has 14 heavy (non-hydrogen) atoms. The summed E-state index contributed by atoms with van der Waals surface area (Å²) in [5.41, 5.74) is 0. The van der Waals surface area contributed by atoms with Crippen LogP contribution in [0, 0.1) is 5.92 Å². The second-order valence-electron chi connectivity index (χ2n) is 4.02. The molecule has 1 rings (SSSR count). The Bertz CT molecular complexity index is 173. The summed E-state index contributed by atoms with van der Waals surface area (Å²) in [5, 5.41) is 4.07. The maximum atomic E-state index is 11.6. The van der Waals surface area contributed by atoms with Crippen LogP contribution in [0.3, 0.4) is 0 Å². The van der Waals surface area contributed by atoms with Gasteiger partial charge in [-0.2, -0.15) is 0 Å². The molecule has 1 atom stereocenters.